The molecule has 5 rings (SSSR count). The van der Waals surface area contributed by atoms with Crippen molar-refractivity contribution in [1.29, 1.82) is 0 Å². The molecule has 0 unspecified atom stereocenters. The number of ether oxygens (including phenoxy) is 2. The average Bonchev–Trinajstić information content (AvgIpc) is 3.48. The highest BCUT2D eigenvalue weighted by molar-refractivity contribution is 6.44. The summed E-state index contributed by atoms with van der Waals surface area (Å²) >= 11 is 13.0. The second-order valence-electron chi connectivity index (χ2n) is 8.77. The highest BCUT2D eigenvalue weighted by Gasteiger charge is 2.38. The molecular formula is C24H30Cl2N6O3. The zero-order valence-corrected chi connectivity index (χ0v) is 21.6. The van der Waals surface area contributed by atoms with Gasteiger partial charge in [-0.05, 0) is 50.8 Å². The van der Waals surface area contributed by atoms with Crippen LogP contribution >= 0.6 is 23.2 Å². The maximum absolute atomic E-state index is 13.1. The quantitative estimate of drug-likeness (QED) is 0.555. The SMILES string of the molecule is CN.Cc1nc(N2CCC3(CCOC3)CC2)cc(=O)n1-c1ccc(Oc2ccn(C)n2)c(Cl)c1Cl. The fraction of sp³-hybridized carbons (Fsp3) is 0.458. The number of benzene rings is 1. The number of nitrogens with zero attached hydrogens (tertiary/aromatic N) is 5. The van der Waals surface area contributed by atoms with E-state index in [1.54, 1.807) is 49.1 Å². The molecule has 2 N–H and O–H groups in total. The molecule has 2 aliphatic rings. The van der Waals surface area contributed by atoms with Gasteiger partial charge in [0.15, 0.2) is 0 Å². The lowest BCUT2D eigenvalue weighted by Gasteiger charge is -2.38. The standard InChI is InChI=1S/C23H25Cl2N5O3.CH5N/c1-15-26-18(29-10-6-23(7-11-29)8-12-32-14-23)13-20(31)30(15)16-3-4-17(22(25)21(16)24)33-19-5-9-28(2)27-19;1-2/h3-5,9,13H,6-8,10-12,14H2,1-2H3;2H2,1H3. The Hall–Kier alpha value is -2.59. The fourth-order valence-electron chi connectivity index (χ4n) is 4.63. The Balaban J connectivity index is 0.00000141. The third-order valence-corrected chi connectivity index (χ3v) is 7.43. The third kappa shape index (κ3) is 5.18. The van der Waals surface area contributed by atoms with Gasteiger partial charge in [-0.15, -0.1) is 5.10 Å². The summed E-state index contributed by atoms with van der Waals surface area (Å²) in [6.07, 6.45) is 4.99. The topological polar surface area (TPSA) is 100 Å². The van der Waals surface area contributed by atoms with Crippen molar-refractivity contribution >= 4 is 29.0 Å². The van der Waals surface area contributed by atoms with Gasteiger partial charge in [0.05, 0.1) is 17.3 Å². The Labute approximate surface area is 214 Å². The van der Waals surface area contributed by atoms with Gasteiger partial charge >= 0.3 is 0 Å². The van der Waals surface area contributed by atoms with Crippen LogP contribution < -0.4 is 20.9 Å². The van der Waals surface area contributed by atoms with Gasteiger partial charge in [-0.1, -0.05) is 23.2 Å². The molecule has 3 aromatic rings. The molecule has 0 atom stereocenters. The summed E-state index contributed by atoms with van der Waals surface area (Å²) in [5.74, 6) is 1.99. The molecule has 2 saturated heterocycles. The van der Waals surface area contributed by atoms with Crippen LogP contribution in [0.15, 0.2) is 35.3 Å². The van der Waals surface area contributed by atoms with Crippen LogP contribution in [0.5, 0.6) is 11.6 Å². The predicted octanol–water partition coefficient (Wildman–Crippen LogP) is 3.96. The van der Waals surface area contributed by atoms with Gasteiger partial charge in [-0.2, -0.15) is 0 Å². The van der Waals surface area contributed by atoms with Crippen molar-refractivity contribution in [2.45, 2.75) is 26.2 Å². The van der Waals surface area contributed by atoms with E-state index in [-0.39, 0.29) is 15.6 Å². The molecule has 11 heteroatoms. The summed E-state index contributed by atoms with van der Waals surface area (Å²) < 4.78 is 14.4. The van der Waals surface area contributed by atoms with E-state index in [2.05, 4.69) is 15.7 Å². The first-order chi connectivity index (χ1) is 16.8. The number of hydrogen-bond acceptors (Lipinski definition) is 7. The first-order valence-electron chi connectivity index (χ1n) is 11.5. The molecule has 2 aliphatic heterocycles. The third-order valence-electron chi connectivity index (χ3n) is 6.58. The number of rotatable bonds is 4. The highest BCUT2D eigenvalue weighted by Crippen LogP contribution is 2.40. The normalized spacial score (nSPS) is 16.8. The molecule has 0 aliphatic carbocycles. The molecule has 0 amide bonds. The van der Waals surface area contributed by atoms with E-state index in [4.69, 9.17) is 37.7 Å². The Kier molecular flexibility index (Phi) is 7.70. The Morgan fingerprint density at radius 2 is 1.86 bits per heavy atom. The Bertz CT molecular complexity index is 1240. The number of nitrogens with two attached hydrogens (primary N) is 1. The van der Waals surface area contributed by atoms with E-state index < -0.39 is 0 Å². The minimum Gasteiger partial charge on any atom is -0.436 e. The summed E-state index contributed by atoms with van der Waals surface area (Å²) in [4.78, 5) is 20.0. The smallest absolute Gasteiger partial charge is 0.260 e. The number of hydrogen-bond donors (Lipinski definition) is 1. The van der Waals surface area contributed by atoms with Crippen LogP contribution in [-0.4, -0.2) is 52.7 Å². The van der Waals surface area contributed by atoms with Crippen LogP contribution in [-0.2, 0) is 11.8 Å². The molecular weight excluding hydrogens is 491 g/mol. The van der Waals surface area contributed by atoms with E-state index in [1.807, 2.05) is 0 Å². The Morgan fingerprint density at radius 3 is 2.46 bits per heavy atom. The average molecular weight is 521 g/mol. The number of halogens is 2. The lowest BCUT2D eigenvalue weighted by Crippen LogP contribution is -2.41. The zero-order valence-electron chi connectivity index (χ0n) is 20.1. The molecule has 1 spiro atoms. The van der Waals surface area contributed by atoms with E-state index in [0.717, 1.165) is 45.6 Å². The number of aromatic nitrogens is 4. The van der Waals surface area contributed by atoms with Crippen LogP contribution in [0.1, 0.15) is 25.1 Å². The van der Waals surface area contributed by atoms with E-state index in [0.29, 0.717) is 34.4 Å². The Morgan fingerprint density at radius 1 is 1.11 bits per heavy atom. The van der Waals surface area contributed by atoms with Crippen molar-refractivity contribution in [3.63, 3.8) is 0 Å². The minimum atomic E-state index is -0.210. The summed E-state index contributed by atoms with van der Waals surface area (Å²) in [6.45, 7) is 5.22. The van der Waals surface area contributed by atoms with Crippen molar-refractivity contribution < 1.29 is 9.47 Å². The number of piperidine rings is 1. The van der Waals surface area contributed by atoms with Gasteiger partial charge in [0.2, 0.25) is 5.88 Å². The van der Waals surface area contributed by atoms with Crippen LogP contribution in [0, 0.1) is 12.3 Å². The van der Waals surface area contributed by atoms with E-state index in [1.165, 1.54) is 11.6 Å². The van der Waals surface area contributed by atoms with Gasteiger partial charge in [-0.3, -0.25) is 14.0 Å². The second-order valence-corrected chi connectivity index (χ2v) is 9.52. The van der Waals surface area contributed by atoms with Gasteiger partial charge in [-0.25, -0.2) is 4.98 Å². The summed E-state index contributed by atoms with van der Waals surface area (Å²) in [5, 5.41) is 4.60. The van der Waals surface area contributed by atoms with Crippen LogP contribution in [0.25, 0.3) is 5.69 Å². The maximum atomic E-state index is 13.1. The highest BCUT2D eigenvalue weighted by atomic mass is 35.5. The molecule has 2 fully saturated rings. The van der Waals surface area contributed by atoms with Gasteiger partial charge in [0.25, 0.3) is 5.56 Å². The summed E-state index contributed by atoms with van der Waals surface area (Å²) in [7, 11) is 3.29. The lowest BCUT2D eigenvalue weighted by atomic mass is 9.78. The fourth-order valence-corrected chi connectivity index (χ4v) is 5.06. The minimum absolute atomic E-state index is 0.204. The van der Waals surface area contributed by atoms with Crippen molar-refractivity contribution in [3.05, 3.63) is 56.7 Å². The van der Waals surface area contributed by atoms with Crippen LogP contribution in [0.3, 0.4) is 0 Å². The molecule has 0 saturated carbocycles. The molecule has 0 bridgehead atoms. The van der Waals surface area contributed by atoms with Gasteiger partial charge in [0, 0.05) is 45.1 Å². The van der Waals surface area contributed by atoms with Crippen molar-refractivity contribution in [2.24, 2.45) is 18.2 Å². The van der Waals surface area contributed by atoms with Gasteiger partial charge in [0.1, 0.15) is 22.4 Å². The second kappa shape index (κ2) is 10.6. The molecule has 9 nitrogen and oxygen atoms in total. The molecule has 4 heterocycles. The van der Waals surface area contributed by atoms with Crippen LogP contribution in [0.4, 0.5) is 5.82 Å². The number of anilines is 1. The largest absolute Gasteiger partial charge is 0.436 e. The lowest BCUT2D eigenvalue weighted by molar-refractivity contribution is 0.133. The first kappa shape index (κ1) is 25.5. The first-order valence-corrected chi connectivity index (χ1v) is 12.3. The predicted molar refractivity (Wildman–Crippen MR) is 137 cm³/mol. The zero-order chi connectivity index (χ0) is 25.2. The summed E-state index contributed by atoms with van der Waals surface area (Å²) in [5.41, 5.74) is 5.04. The molecule has 1 aromatic carbocycles. The monoisotopic (exact) mass is 520 g/mol. The molecule has 188 valence electrons. The van der Waals surface area contributed by atoms with Gasteiger partial charge < -0.3 is 20.1 Å². The van der Waals surface area contributed by atoms with Crippen molar-refractivity contribution in [2.75, 3.05) is 38.3 Å². The summed E-state index contributed by atoms with van der Waals surface area (Å²) in [6, 6.07) is 6.66. The molecule has 0 radical (unpaired) electrons. The van der Waals surface area contributed by atoms with E-state index >= 15 is 0 Å². The molecule has 2 aromatic heterocycles. The van der Waals surface area contributed by atoms with E-state index in [9.17, 15) is 4.79 Å². The van der Waals surface area contributed by atoms with Crippen molar-refractivity contribution in [1.82, 2.24) is 19.3 Å². The molecule has 35 heavy (non-hydrogen) atoms. The maximum Gasteiger partial charge on any atom is 0.260 e. The van der Waals surface area contributed by atoms with Crippen molar-refractivity contribution in [3.8, 4) is 17.3 Å². The van der Waals surface area contributed by atoms with Crippen LogP contribution in [0.2, 0.25) is 10.0 Å². The number of aryl methyl sites for hydroxylation is 2.